The maximum absolute atomic E-state index is 12.6. The van der Waals surface area contributed by atoms with E-state index in [1.807, 2.05) is 18.2 Å². The second-order valence-corrected chi connectivity index (χ2v) is 7.00. The van der Waals surface area contributed by atoms with Crippen LogP contribution in [0.15, 0.2) is 30.3 Å². The molecule has 0 bridgehead atoms. The molecule has 1 heterocycles. The van der Waals surface area contributed by atoms with Gasteiger partial charge in [-0.2, -0.15) is 0 Å². The lowest BCUT2D eigenvalue weighted by atomic mass is 9.97. The van der Waals surface area contributed by atoms with Gasteiger partial charge < -0.3 is 4.90 Å². The van der Waals surface area contributed by atoms with Gasteiger partial charge in [-0.25, -0.2) is 0 Å². The lowest BCUT2D eigenvalue weighted by Crippen LogP contribution is -2.36. The number of carbonyl (C=O) groups excluding carboxylic acids is 1. The molecular weight excluding hydrogens is 260 g/mol. The first-order valence-corrected chi connectivity index (χ1v) is 8.37. The van der Waals surface area contributed by atoms with Gasteiger partial charge in [-0.05, 0) is 55.4 Å². The average Bonchev–Trinajstić information content (AvgIpc) is 3.40. The molecule has 1 aromatic rings. The van der Waals surface area contributed by atoms with Gasteiger partial charge in [0.25, 0.3) is 0 Å². The summed E-state index contributed by atoms with van der Waals surface area (Å²) in [6.07, 6.45) is 6.38. The lowest BCUT2D eigenvalue weighted by molar-refractivity contribution is -0.129. The van der Waals surface area contributed by atoms with Crippen LogP contribution >= 0.6 is 0 Å². The van der Waals surface area contributed by atoms with Gasteiger partial charge in [0, 0.05) is 6.54 Å². The van der Waals surface area contributed by atoms with Crippen LogP contribution < -0.4 is 5.32 Å². The Bertz CT molecular complexity index is 495. The summed E-state index contributed by atoms with van der Waals surface area (Å²) in [6.45, 7) is 1.73. The summed E-state index contributed by atoms with van der Waals surface area (Å²) in [5, 5.41) is 3.41. The molecule has 3 heteroatoms. The first-order chi connectivity index (χ1) is 10.3. The molecule has 1 aliphatic heterocycles. The summed E-state index contributed by atoms with van der Waals surface area (Å²) in [6, 6.07) is 10.3. The molecule has 2 aliphatic carbocycles. The van der Waals surface area contributed by atoms with Gasteiger partial charge in [0.15, 0.2) is 0 Å². The maximum Gasteiger partial charge on any atom is 0.241 e. The van der Waals surface area contributed by atoms with E-state index in [2.05, 4.69) is 22.3 Å². The molecule has 0 radical (unpaired) electrons. The number of rotatable bonds is 6. The highest BCUT2D eigenvalue weighted by Crippen LogP contribution is 2.49. The van der Waals surface area contributed by atoms with Gasteiger partial charge in [-0.15, -0.1) is 0 Å². The predicted molar refractivity (Wildman–Crippen MR) is 82.6 cm³/mol. The summed E-state index contributed by atoms with van der Waals surface area (Å²) >= 11 is 0. The minimum Gasteiger partial charge on any atom is -0.328 e. The van der Waals surface area contributed by atoms with Gasteiger partial charge in [-0.1, -0.05) is 30.3 Å². The van der Waals surface area contributed by atoms with E-state index in [1.165, 1.54) is 31.2 Å². The van der Waals surface area contributed by atoms with Crippen LogP contribution in [0, 0.1) is 17.8 Å². The fourth-order valence-electron chi connectivity index (χ4n) is 3.76. The fourth-order valence-corrected chi connectivity index (χ4v) is 3.76. The molecule has 1 amide bonds. The Morgan fingerprint density at radius 2 is 1.76 bits per heavy atom. The zero-order chi connectivity index (χ0) is 14.2. The molecule has 3 fully saturated rings. The average molecular weight is 284 g/mol. The third-order valence-corrected chi connectivity index (χ3v) is 5.31. The monoisotopic (exact) mass is 284 g/mol. The smallest absolute Gasteiger partial charge is 0.241 e. The van der Waals surface area contributed by atoms with Crippen molar-refractivity contribution in [1.82, 2.24) is 10.2 Å². The molecule has 3 nitrogen and oxygen atoms in total. The molecule has 0 spiro atoms. The molecule has 0 aromatic heterocycles. The van der Waals surface area contributed by atoms with E-state index >= 15 is 0 Å². The molecule has 1 saturated heterocycles. The first-order valence-electron chi connectivity index (χ1n) is 8.37. The van der Waals surface area contributed by atoms with E-state index < -0.39 is 0 Å². The van der Waals surface area contributed by atoms with Crippen LogP contribution in [0.25, 0.3) is 0 Å². The van der Waals surface area contributed by atoms with E-state index in [-0.39, 0.29) is 6.04 Å². The number of hydrogen-bond acceptors (Lipinski definition) is 2. The van der Waals surface area contributed by atoms with E-state index in [1.54, 1.807) is 0 Å². The molecule has 2 saturated carbocycles. The SMILES string of the molecule is O=C1C(Cc2ccccc2)NCN1CC(C1CC1)C1CC1. The molecule has 3 aliphatic rings. The van der Waals surface area contributed by atoms with Gasteiger partial charge in [0.2, 0.25) is 5.91 Å². The zero-order valence-electron chi connectivity index (χ0n) is 12.5. The van der Waals surface area contributed by atoms with Crippen molar-refractivity contribution in [3.05, 3.63) is 35.9 Å². The second kappa shape index (κ2) is 5.45. The van der Waals surface area contributed by atoms with E-state index in [9.17, 15) is 4.79 Å². The predicted octanol–water partition coefficient (Wildman–Crippen LogP) is 2.42. The van der Waals surface area contributed by atoms with E-state index in [0.29, 0.717) is 5.91 Å². The Morgan fingerprint density at radius 3 is 2.38 bits per heavy atom. The lowest BCUT2D eigenvalue weighted by Gasteiger charge is -2.23. The maximum atomic E-state index is 12.6. The molecule has 1 aromatic carbocycles. The minimum atomic E-state index is -0.0218. The normalized spacial score (nSPS) is 25.9. The second-order valence-electron chi connectivity index (χ2n) is 7.00. The molecule has 4 rings (SSSR count). The Hall–Kier alpha value is -1.35. The van der Waals surface area contributed by atoms with Crippen LogP contribution in [0.5, 0.6) is 0 Å². The van der Waals surface area contributed by atoms with Crippen molar-refractivity contribution in [1.29, 1.82) is 0 Å². The Morgan fingerprint density at radius 1 is 1.10 bits per heavy atom. The highest BCUT2D eigenvalue weighted by Gasteiger charge is 2.44. The molecule has 1 atom stereocenters. The summed E-state index contributed by atoms with van der Waals surface area (Å²) in [7, 11) is 0. The number of benzene rings is 1. The number of nitrogens with zero attached hydrogens (tertiary/aromatic N) is 1. The number of carbonyl (C=O) groups is 1. The van der Waals surface area contributed by atoms with Gasteiger partial charge in [0.05, 0.1) is 12.7 Å². The quantitative estimate of drug-likeness (QED) is 0.870. The highest BCUT2D eigenvalue weighted by atomic mass is 16.2. The molecule has 1 N–H and O–H groups in total. The number of amides is 1. The summed E-state index contributed by atoms with van der Waals surface area (Å²) < 4.78 is 0. The van der Waals surface area contributed by atoms with Gasteiger partial charge in [0.1, 0.15) is 0 Å². The molecule has 21 heavy (non-hydrogen) atoms. The van der Waals surface area contributed by atoms with Crippen molar-refractivity contribution in [2.24, 2.45) is 17.8 Å². The van der Waals surface area contributed by atoms with Crippen LogP contribution in [0.3, 0.4) is 0 Å². The topological polar surface area (TPSA) is 32.3 Å². The standard InChI is InChI=1S/C18H24N2O/c21-18-17(10-13-4-2-1-3-5-13)19-12-20(18)11-16(14-6-7-14)15-8-9-15/h1-5,14-17,19H,6-12H2. The van der Waals surface area contributed by atoms with Crippen molar-refractivity contribution in [2.75, 3.05) is 13.2 Å². The van der Waals surface area contributed by atoms with Gasteiger partial charge >= 0.3 is 0 Å². The van der Waals surface area contributed by atoms with Crippen LogP contribution in [0.2, 0.25) is 0 Å². The van der Waals surface area contributed by atoms with Crippen LogP contribution in [-0.4, -0.2) is 30.1 Å². The molecule has 1 unspecified atom stereocenters. The summed E-state index contributed by atoms with van der Waals surface area (Å²) in [5.41, 5.74) is 1.24. The number of hydrogen-bond donors (Lipinski definition) is 1. The van der Waals surface area contributed by atoms with Gasteiger partial charge in [-0.3, -0.25) is 10.1 Å². The van der Waals surface area contributed by atoms with Crippen molar-refractivity contribution < 1.29 is 4.79 Å². The van der Waals surface area contributed by atoms with Crippen LogP contribution in [-0.2, 0) is 11.2 Å². The molecular formula is C18H24N2O. The zero-order valence-corrected chi connectivity index (χ0v) is 12.5. The van der Waals surface area contributed by atoms with Crippen LogP contribution in [0.1, 0.15) is 31.2 Å². The Balaban J connectivity index is 1.36. The van der Waals surface area contributed by atoms with Crippen molar-refractivity contribution in [3.63, 3.8) is 0 Å². The Kier molecular flexibility index (Phi) is 3.46. The molecule has 112 valence electrons. The fraction of sp³-hybridized carbons (Fsp3) is 0.611. The third-order valence-electron chi connectivity index (χ3n) is 5.31. The first kappa shape index (κ1) is 13.3. The Labute approximate surface area is 126 Å². The third kappa shape index (κ3) is 2.98. The van der Waals surface area contributed by atoms with Crippen molar-refractivity contribution in [2.45, 2.75) is 38.1 Å². The largest absolute Gasteiger partial charge is 0.328 e. The summed E-state index contributed by atoms with van der Waals surface area (Å²) in [4.78, 5) is 14.7. The van der Waals surface area contributed by atoms with E-state index in [4.69, 9.17) is 0 Å². The number of nitrogens with one attached hydrogen (secondary N) is 1. The van der Waals surface area contributed by atoms with Crippen LogP contribution in [0.4, 0.5) is 0 Å². The van der Waals surface area contributed by atoms with E-state index in [0.717, 1.165) is 37.4 Å². The van der Waals surface area contributed by atoms with Crippen molar-refractivity contribution in [3.8, 4) is 0 Å². The summed E-state index contributed by atoms with van der Waals surface area (Å²) in [5.74, 6) is 2.92. The minimum absolute atomic E-state index is 0.0218. The highest BCUT2D eigenvalue weighted by molar-refractivity contribution is 5.84. The van der Waals surface area contributed by atoms with Crippen molar-refractivity contribution >= 4 is 5.91 Å².